The van der Waals surface area contributed by atoms with Crippen molar-refractivity contribution >= 4 is 23.9 Å². The molecular weight excluding hydrogens is 392 g/mol. The van der Waals surface area contributed by atoms with Crippen LogP contribution in [0.3, 0.4) is 0 Å². The van der Waals surface area contributed by atoms with Gasteiger partial charge in [-0.25, -0.2) is 9.59 Å². The third-order valence-corrected chi connectivity index (χ3v) is 4.42. The van der Waals surface area contributed by atoms with Gasteiger partial charge in [-0.15, -0.1) is 0 Å². The minimum Gasteiger partial charge on any atom is -0.444 e. The van der Waals surface area contributed by atoms with Crippen LogP contribution in [0.5, 0.6) is 0 Å². The molecule has 0 saturated carbocycles. The summed E-state index contributed by atoms with van der Waals surface area (Å²) in [4.78, 5) is 55.3. The second-order valence-electron chi connectivity index (χ2n) is 7.75. The van der Waals surface area contributed by atoms with Crippen LogP contribution in [-0.4, -0.2) is 44.3 Å². The van der Waals surface area contributed by atoms with E-state index in [-0.39, 0.29) is 11.1 Å². The Morgan fingerprint density at radius 1 is 1.10 bits per heavy atom. The lowest BCUT2D eigenvalue weighted by Gasteiger charge is -2.23. The molecule has 30 heavy (non-hydrogen) atoms. The number of rotatable bonds is 4. The number of aromatic nitrogens is 2. The normalized spacial score (nSPS) is 14.4. The van der Waals surface area contributed by atoms with Crippen molar-refractivity contribution in [1.29, 1.82) is 0 Å². The van der Waals surface area contributed by atoms with Crippen LogP contribution in [-0.2, 0) is 21.4 Å². The Morgan fingerprint density at radius 3 is 2.13 bits per heavy atom. The monoisotopic (exact) mass is 414 g/mol. The Balaban J connectivity index is 1.86. The second-order valence-corrected chi connectivity index (χ2v) is 7.75. The van der Waals surface area contributed by atoms with Crippen molar-refractivity contribution in [2.45, 2.75) is 39.3 Å². The molecule has 0 radical (unpaired) electrons. The number of hydroxylamine groups is 2. The molecule has 1 N–H and O–H groups in total. The van der Waals surface area contributed by atoms with Gasteiger partial charge in [-0.2, -0.15) is 5.10 Å². The highest BCUT2D eigenvalue weighted by atomic mass is 16.7. The topological polar surface area (TPSA) is 120 Å². The van der Waals surface area contributed by atoms with E-state index in [1.807, 2.05) is 0 Å². The van der Waals surface area contributed by atoms with Crippen molar-refractivity contribution in [1.82, 2.24) is 20.2 Å². The maximum atomic E-state index is 12.9. The molecule has 0 fully saturated rings. The van der Waals surface area contributed by atoms with Crippen LogP contribution < -0.4 is 5.32 Å². The molecule has 0 bridgehead atoms. The number of hydrogen-bond acceptors (Lipinski definition) is 7. The zero-order chi connectivity index (χ0) is 22.2. The van der Waals surface area contributed by atoms with Crippen LogP contribution in [0.1, 0.15) is 58.8 Å². The first-order valence-corrected chi connectivity index (χ1v) is 9.17. The Hall–Kier alpha value is -3.69. The van der Waals surface area contributed by atoms with Gasteiger partial charge in [0.2, 0.25) is 0 Å². The molecule has 1 aromatic carbocycles. The highest BCUT2D eigenvalue weighted by Gasteiger charge is 2.41. The zero-order valence-corrected chi connectivity index (χ0v) is 17.3. The highest BCUT2D eigenvalue weighted by molar-refractivity contribution is 6.20. The van der Waals surface area contributed by atoms with Gasteiger partial charge in [-0.1, -0.05) is 17.2 Å². The summed E-state index contributed by atoms with van der Waals surface area (Å²) >= 11 is 0. The fraction of sp³-hybridized carbons (Fsp3) is 0.350. The summed E-state index contributed by atoms with van der Waals surface area (Å²) in [5, 5.41) is 6.89. The molecule has 3 amide bonds. The first kappa shape index (κ1) is 21.0. The summed E-state index contributed by atoms with van der Waals surface area (Å²) in [6.45, 7) is 6.72. The van der Waals surface area contributed by atoms with E-state index in [0.717, 1.165) is 0 Å². The number of hydrogen-bond donors (Lipinski definition) is 1. The van der Waals surface area contributed by atoms with Gasteiger partial charge in [0.1, 0.15) is 5.60 Å². The molecule has 0 aliphatic carbocycles. The van der Waals surface area contributed by atoms with E-state index in [4.69, 9.17) is 9.57 Å². The molecule has 1 atom stereocenters. The molecule has 0 spiro atoms. The van der Waals surface area contributed by atoms with Crippen LogP contribution >= 0.6 is 0 Å². The lowest BCUT2D eigenvalue weighted by molar-refractivity contribution is -0.171. The van der Waals surface area contributed by atoms with E-state index in [1.54, 1.807) is 46.9 Å². The number of aryl methyl sites for hydroxylation is 1. The Morgan fingerprint density at radius 2 is 1.67 bits per heavy atom. The van der Waals surface area contributed by atoms with E-state index in [2.05, 4.69) is 10.4 Å². The van der Waals surface area contributed by atoms with Crippen LogP contribution in [0.2, 0.25) is 0 Å². The second kappa shape index (κ2) is 7.62. The van der Waals surface area contributed by atoms with Crippen molar-refractivity contribution < 1.29 is 28.8 Å². The summed E-state index contributed by atoms with van der Waals surface area (Å²) in [6, 6.07) is 4.77. The number of nitrogens with one attached hydrogen (secondary N) is 1. The molecule has 1 aliphatic heterocycles. The van der Waals surface area contributed by atoms with Crippen molar-refractivity contribution in [3.63, 3.8) is 0 Å². The van der Waals surface area contributed by atoms with Crippen LogP contribution in [0, 0.1) is 6.92 Å². The summed E-state index contributed by atoms with van der Waals surface area (Å²) in [5.41, 5.74) is 0.375. The van der Waals surface area contributed by atoms with Gasteiger partial charge in [-0.05, 0) is 39.8 Å². The van der Waals surface area contributed by atoms with Crippen LogP contribution in [0.25, 0.3) is 0 Å². The lowest BCUT2D eigenvalue weighted by Crippen LogP contribution is -2.42. The largest absolute Gasteiger partial charge is 0.444 e. The number of benzene rings is 1. The number of amides is 3. The summed E-state index contributed by atoms with van der Waals surface area (Å²) in [7, 11) is 1.67. The average molecular weight is 414 g/mol. The molecule has 2 aromatic rings. The summed E-state index contributed by atoms with van der Waals surface area (Å²) in [5.74, 6) is -2.56. The van der Waals surface area contributed by atoms with E-state index >= 15 is 0 Å². The minimum atomic E-state index is -1.35. The first-order chi connectivity index (χ1) is 14.0. The number of carbonyl (C=O) groups is 4. The third-order valence-electron chi connectivity index (χ3n) is 4.42. The molecule has 1 aromatic heterocycles. The van der Waals surface area contributed by atoms with Crippen molar-refractivity contribution in [3.05, 3.63) is 52.8 Å². The van der Waals surface area contributed by atoms with Crippen LogP contribution in [0.15, 0.2) is 30.5 Å². The van der Waals surface area contributed by atoms with Crippen molar-refractivity contribution in [2.24, 2.45) is 7.05 Å². The standard InChI is InChI=1S/C20H22N4O6/c1-11-14(10-21-23(11)5)15(22-19(28)29-20(2,3)4)18(27)30-24-16(25)12-8-6-7-9-13(12)17(24)26/h6-10,15H,1-5H3,(H,22,28). The molecule has 158 valence electrons. The SMILES string of the molecule is Cc1c(C(NC(=O)OC(C)(C)C)C(=O)ON2C(=O)c3ccccc3C2=O)cnn1C. The zero-order valence-electron chi connectivity index (χ0n) is 17.3. The number of fused-ring (bicyclic) bond motifs is 1. The first-order valence-electron chi connectivity index (χ1n) is 9.17. The molecule has 10 heteroatoms. The molecule has 0 saturated heterocycles. The third kappa shape index (κ3) is 4.02. The Bertz CT molecular complexity index is 1000. The van der Waals surface area contributed by atoms with Gasteiger partial charge in [0.05, 0.1) is 17.3 Å². The molecule has 2 heterocycles. The van der Waals surface area contributed by atoms with E-state index in [9.17, 15) is 19.2 Å². The summed E-state index contributed by atoms with van der Waals surface area (Å²) in [6.07, 6.45) is 0.524. The highest BCUT2D eigenvalue weighted by Crippen LogP contribution is 2.25. The van der Waals surface area contributed by atoms with Crippen molar-refractivity contribution in [3.8, 4) is 0 Å². The van der Waals surface area contributed by atoms with Gasteiger partial charge >= 0.3 is 12.1 Å². The molecular formula is C20H22N4O6. The van der Waals surface area contributed by atoms with E-state index in [1.165, 1.54) is 23.0 Å². The fourth-order valence-electron chi connectivity index (χ4n) is 2.88. The lowest BCUT2D eigenvalue weighted by atomic mass is 10.1. The fourth-order valence-corrected chi connectivity index (χ4v) is 2.88. The molecule has 10 nitrogen and oxygen atoms in total. The van der Waals surface area contributed by atoms with Gasteiger partial charge in [0.25, 0.3) is 11.8 Å². The van der Waals surface area contributed by atoms with Gasteiger partial charge < -0.3 is 14.9 Å². The van der Waals surface area contributed by atoms with Crippen LogP contribution in [0.4, 0.5) is 4.79 Å². The number of carbonyl (C=O) groups excluding carboxylic acids is 4. The number of imide groups is 1. The maximum absolute atomic E-state index is 12.9. The predicted octanol–water partition coefficient (Wildman–Crippen LogP) is 2.05. The van der Waals surface area contributed by atoms with Gasteiger partial charge in [0.15, 0.2) is 6.04 Å². The Kier molecular flexibility index (Phi) is 5.34. The minimum absolute atomic E-state index is 0.129. The number of alkyl carbamates (subject to hydrolysis) is 1. The average Bonchev–Trinajstić information content (AvgIpc) is 3.11. The maximum Gasteiger partial charge on any atom is 0.408 e. The van der Waals surface area contributed by atoms with Crippen molar-refractivity contribution in [2.75, 3.05) is 0 Å². The molecule has 1 aliphatic rings. The smallest absolute Gasteiger partial charge is 0.408 e. The van der Waals surface area contributed by atoms with E-state index in [0.29, 0.717) is 16.3 Å². The van der Waals surface area contributed by atoms with Gasteiger partial charge in [-0.3, -0.25) is 14.3 Å². The number of nitrogens with zero attached hydrogens (tertiary/aromatic N) is 3. The molecule has 1 unspecified atom stereocenters. The predicted molar refractivity (Wildman–Crippen MR) is 103 cm³/mol. The van der Waals surface area contributed by atoms with E-state index < -0.39 is 35.5 Å². The summed E-state index contributed by atoms with van der Waals surface area (Å²) < 4.78 is 6.73. The molecule has 3 rings (SSSR count). The quantitative estimate of drug-likeness (QED) is 0.760. The number of ether oxygens (including phenoxy) is 1. The Labute approximate surface area is 172 Å². The van der Waals surface area contributed by atoms with Gasteiger partial charge in [0, 0.05) is 18.3 Å².